The van der Waals surface area contributed by atoms with E-state index in [9.17, 15) is 9.90 Å². The number of nitrogens with one attached hydrogen (secondary N) is 1. The predicted octanol–water partition coefficient (Wildman–Crippen LogP) is 1.84. The molecule has 0 aliphatic carbocycles. The van der Waals surface area contributed by atoms with Crippen molar-refractivity contribution in [2.75, 3.05) is 6.54 Å². The highest BCUT2D eigenvalue weighted by Gasteiger charge is 2.16. The van der Waals surface area contributed by atoms with Crippen LogP contribution in [0.15, 0.2) is 35.7 Å². The number of carbonyl (C=O) groups excluding carboxylic acids is 1. The molecule has 4 nitrogen and oxygen atoms in total. The minimum absolute atomic E-state index is 0.377. The van der Waals surface area contributed by atoms with Crippen molar-refractivity contribution in [2.24, 2.45) is 0 Å². The summed E-state index contributed by atoms with van der Waals surface area (Å²) >= 11 is 1.59. The molecule has 1 aromatic heterocycles. The molecular formula is C14H16N2O2S. The van der Waals surface area contributed by atoms with Crippen LogP contribution in [0.25, 0.3) is 0 Å². The lowest BCUT2D eigenvalue weighted by Crippen LogP contribution is -2.31. The molecule has 1 amide bonds. The van der Waals surface area contributed by atoms with E-state index in [0.717, 1.165) is 10.7 Å². The van der Waals surface area contributed by atoms with Gasteiger partial charge in [-0.05, 0) is 12.5 Å². The number of aliphatic hydroxyl groups is 1. The summed E-state index contributed by atoms with van der Waals surface area (Å²) in [5.74, 6) is -0.377. The molecule has 0 aliphatic rings. The Kier molecular flexibility index (Phi) is 4.65. The number of aromatic nitrogens is 1. The van der Waals surface area contributed by atoms with E-state index in [1.54, 1.807) is 35.6 Å². The number of hydrogen-bond donors (Lipinski definition) is 2. The van der Waals surface area contributed by atoms with Gasteiger partial charge in [0.2, 0.25) is 0 Å². The van der Waals surface area contributed by atoms with Crippen molar-refractivity contribution in [3.8, 4) is 0 Å². The van der Waals surface area contributed by atoms with Crippen LogP contribution in [-0.2, 0) is 11.2 Å². The molecule has 2 N–H and O–H groups in total. The van der Waals surface area contributed by atoms with E-state index in [0.29, 0.717) is 18.5 Å². The summed E-state index contributed by atoms with van der Waals surface area (Å²) < 4.78 is 0. The third kappa shape index (κ3) is 3.87. The molecule has 0 aliphatic heterocycles. The van der Waals surface area contributed by atoms with E-state index < -0.39 is 6.10 Å². The second kappa shape index (κ2) is 6.45. The van der Waals surface area contributed by atoms with Crippen molar-refractivity contribution in [3.63, 3.8) is 0 Å². The van der Waals surface area contributed by atoms with Crippen LogP contribution in [0.5, 0.6) is 0 Å². The van der Waals surface area contributed by atoms with Gasteiger partial charge in [-0.2, -0.15) is 0 Å². The maximum atomic E-state index is 11.8. The number of benzene rings is 1. The standard InChI is InChI=1S/C14H16N2O2S/c1-10-16-12(9-19-10)7-8-15-14(18)13(17)11-5-3-2-4-6-11/h2-6,9,13,17H,7-8H2,1H3,(H,15,18). The number of rotatable bonds is 5. The topological polar surface area (TPSA) is 62.2 Å². The van der Waals surface area contributed by atoms with Crippen LogP contribution in [0.3, 0.4) is 0 Å². The number of carbonyl (C=O) groups is 1. The van der Waals surface area contributed by atoms with E-state index >= 15 is 0 Å². The van der Waals surface area contributed by atoms with Gasteiger partial charge in [0.05, 0.1) is 10.7 Å². The van der Waals surface area contributed by atoms with Crippen LogP contribution in [0, 0.1) is 6.92 Å². The van der Waals surface area contributed by atoms with Gasteiger partial charge in [0.15, 0.2) is 6.10 Å². The number of nitrogens with zero attached hydrogens (tertiary/aromatic N) is 1. The summed E-state index contributed by atoms with van der Waals surface area (Å²) in [7, 11) is 0. The largest absolute Gasteiger partial charge is 0.378 e. The second-order valence-corrected chi connectivity index (χ2v) is 5.27. The molecule has 0 radical (unpaired) electrons. The van der Waals surface area contributed by atoms with Gasteiger partial charge in [0.25, 0.3) is 5.91 Å². The number of hydrogen-bond acceptors (Lipinski definition) is 4. The molecule has 0 bridgehead atoms. The lowest BCUT2D eigenvalue weighted by atomic mass is 10.1. The fourth-order valence-corrected chi connectivity index (χ4v) is 2.37. The first kappa shape index (κ1) is 13.7. The van der Waals surface area contributed by atoms with Crippen molar-refractivity contribution in [1.82, 2.24) is 10.3 Å². The average molecular weight is 276 g/mol. The summed E-state index contributed by atoms with van der Waals surface area (Å²) in [6.07, 6.45) is -0.434. The van der Waals surface area contributed by atoms with E-state index in [1.807, 2.05) is 18.4 Å². The van der Waals surface area contributed by atoms with Gasteiger partial charge in [-0.25, -0.2) is 4.98 Å². The Morgan fingerprint density at radius 1 is 1.42 bits per heavy atom. The Labute approximate surface area is 116 Å². The summed E-state index contributed by atoms with van der Waals surface area (Å²) in [5, 5.41) is 15.6. The Balaban J connectivity index is 1.81. The highest BCUT2D eigenvalue weighted by Crippen LogP contribution is 2.12. The molecule has 0 saturated heterocycles. The minimum Gasteiger partial charge on any atom is -0.378 e. The van der Waals surface area contributed by atoms with Gasteiger partial charge in [-0.15, -0.1) is 11.3 Å². The summed E-state index contributed by atoms with van der Waals surface area (Å²) in [4.78, 5) is 16.1. The van der Waals surface area contributed by atoms with Gasteiger partial charge in [-0.1, -0.05) is 30.3 Å². The van der Waals surface area contributed by atoms with Crippen molar-refractivity contribution >= 4 is 17.2 Å². The van der Waals surface area contributed by atoms with E-state index in [1.165, 1.54) is 0 Å². The quantitative estimate of drug-likeness (QED) is 0.876. The zero-order valence-corrected chi connectivity index (χ0v) is 11.5. The fraction of sp³-hybridized carbons (Fsp3) is 0.286. The summed E-state index contributed by atoms with van der Waals surface area (Å²) in [6, 6.07) is 8.90. The maximum Gasteiger partial charge on any atom is 0.253 e. The summed E-state index contributed by atoms with van der Waals surface area (Å²) in [6.45, 7) is 2.43. The molecule has 1 aromatic carbocycles. The van der Waals surface area contributed by atoms with Crippen LogP contribution in [-0.4, -0.2) is 22.5 Å². The highest BCUT2D eigenvalue weighted by molar-refractivity contribution is 7.09. The normalized spacial score (nSPS) is 12.1. The Morgan fingerprint density at radius 3 is 2.79 bits per heavy atom. The Hall–Kier alpha value is -1.72. The van der Waals surface area contributed by atoms with Gasteiger partial charge in [-0.3, -0.25) is 4.79 Å². The van der Waals surface area contributed by atoms with Crippen molar-refractivity contribution in [2.45, 2.75) is 19.4 Å². The van der Waals surface area contributed by atoms with E-state index in [4.69, 9.17) is 0 Å². The van der Waals surface area contributed by atoms with Gasteiger partial charge in [0, 0.05) is 18.3 Å². The highest BCUT2D eigenvalue weighted by atomic mass is 32.1. The Morgan fingerprint density at radius 2 is 2.16 bits per heavy atom. The Bertz CT molecular complexity index is 539. The fourth-order valence-electron chi connectivity index (χ4n) is 1.72. The predicted molar refractivity (Wildman–Crippen MR) is 75.0 cm³/mol. The van der Waals surface area contributed by atoms with Gasteiger partial charge < -0.3 is 10.4 Å². The van der Waals surface area contributed by atoms with Crippen molar-refractivity contribution in [3.05, 3.63) is 52.0 Å². The third-order valence-corrected chi connectivity index (χ3v) is 3.53. The number of amides is 1. The monoisotopic (exact) mass is 276 g/mol. The molecule has 2 aromatic rings. The molecule has 1 unspecified atom stereocenters. The minimum atomic E-state index is -1.11. The first-order valence-electron chi connectivity index (χ1n) is 6.08. The molecule has 5 heteroatoms. The molecule has 0 saturated carbocycles. The smallest absolute Gasteiger partial charge is 0.253 e. The zero-order chi connectivity index (χ0) is 13.7. The van der Waals surface area contributed by atoms with Crippen LogP contribution < -0.4 is 5.32 Å². The van der Waals surface area contributed by atoms with Crippen LogP contribution in [0.4, 0.5) is 0 Å². The molecule has 0 spiro atoms. The van der Waals surface area contributed by atoms with Crippen molar-refractivity contribution < 1.29 is 9.90 Å². The van der Waals surface area contributed by atoms with Crippen LogP contribution in [0.2, 0.25) is 0 Å². The molecule has 2 rings (SSSR count). The molecule has 19 heavy (non-hydrogen) atoms. The zero-order valence-electron chi connectivity index (χ0n) is 10.7. The summed E-state index contributed by atoms with van der Waals surface area (Å²) in [5.41, 5.74) is 1.57. The van der Waals surface area contributed by atoms with Crippen LogP contribution in [0.1, 0.15) is 22.4 Å². The van der Waals surface area contributed by atoms with Crippen LogP contribution >= 0.6 is 11.3 Å². The molecule has 0 fully saturated rings. The first-order valence-corrected chi connectivity index (χ1v) is 6.96. The average Bonchev–Trinajstić information content (AvgIpc) is 2.84. The molecule has 1 atom stereocenters. The number of aryl methyl sites for hydroxylation is 1. The lowest BCUT2D eigenvalue weighted by Gasteiger charge is -2.11. The third-order valence-electron chi connectivity index (χ3n) is 2.71. The first-order chi connectivity index (χ1) is 9.16. The number of thiazole rings is 1. The van der Waals surface area contributed by atoms with E-state index in [2.05, 4.69) is 10.3 Å². The van der Waals surface area contributed by atoms with Gasteiger partial charge in [0.1, 0.15) is 0 Å². The second-order valence-electron chi connectivity index (χ2n) is 4.21. The number of aliphatic hydroxyl groups excluding tert-OH is 1. The van der Waals surface area contributed by atoms with Crippen molar-refractivity contribution in [1.29, 1.82) is 0 Å². The van der Waals surface area contributed by atoms with E-state index in [-0.39, 0.29) is 5.91 Å². The molecular weight excluding hydrogens is 260 g/mol. The maximum absolute atomic E-state index is 11.8. The lowest BCUT2D eigenvalue weighted by molar-refractivity contribution is -0.129. The van der Waals surface area contributed by atoms with Gasteiger partial charge >= 0.3 is 0 Å². The molecule has 100 valence electrons. The SMILES string of the molecule is Cc1nc(CCNC(=O)C(O)c2ccccc2)cs1. The molecule has 1 heterocycles.